The number of methoxy groups -OCH3 is 1. The zero-order chi connectivity index (χ0) is 13.5. The number of aromatic nitrogens is 1. The average Bonchev–Trinajstić information content (AvgIpc) is 2.38. The first-order valence-electron chi connectivity index (χ1n) is 6.68. The molecule has 5 nitrogen and oxygen atoms in total. The fraction of sp³-hybridized carbons (Fsp3) is 0.643. The molecule has 2 fully saturated rings. The Balaban J connectivity index is 1.89. The summed E-state index contributed by atoms with van der Waals surface area (Å²) in [4.78, 5) is 4.28. The minimum Gasteiger partial charge on any atom is -0.481 e. The molecule has 0 aromatic carbocycles. The standard InChI is InChI=1S/C14H20N2O3/c1-9-3-10(6-15-13(9)18-2)14(17)4-11-7-19-8-12(5-14)16-11/h3,6,11-12,16-17H,4-5,7-8H2,1-2H3. The molecule has 0 spiro atoms. The molecule has 104 valence electrons. The second kappa shape index (κ2) is 4.74. The number of hydrogen-bond acceptors (Lipinski definition) is 5. The summed E-state index contributed by atoms with van der Waals surface area (Å²) in [5.41, 5.74) is 1.02. The lowest BCUT2D eigenvalue weighted by Gasteiger charge is -2.45. The van der Waals surface area contributed by atoms with Crippen molar-refractivity contribution in [1.82, 2.24) is 10.3 Å². The summed E-state index contributed by atoms with van der Waals surface area (Å²) >= 11 is 0. The van der Waals surface area contributed by atoms with Crippen LogP contribution in [-0.4, -0.2) is 42.5 Å². The summed E-state index contributed by atoms with van der Waals surface area (Å²) < 4.78 is 10.7. The molecular weight excluding hydrogens is 244 g/mol. The molecule has 2 N–H and O–H groups in total. The van der Waals surface area contributed by atoms with E-state index in [4.69, 9.17) is 9.47 Å². The smallest absolute Gasteiger partial charge is 0.215 e. The van der Waals surface area contributed by atoms with E-state index in [0.29, 0.717) is 31.9 Å². The third-order valence-electron chi connectivity index (χ3n) is 4.04. The van der Waals surface area contributed by atoms with Crippen molar-refractivity contribution in [1.29, 1.82) is 0 Å². The van der Waals surface area contributed by atoms with Crippen molar-refractivity contribution in [2.75, 3.05) is 20.3 Å². The summed E-state index contributed by atoms with van der Waals surface area (Å²) in [5, 5.41) is 14.4. The highest BCUT2D eigenvalue weighted by molar-refractivity contribution is 5.32. The van der Waals surface area contributed by atoms with Crippen LogP contribution < -0.4 is 10.1 Å². The fourth-order valence-electron chi connectivity index (χ4n) is 3.18. The highest BCUT2D eigenvalue weighted by Gasteiger charge is 2.42. The van der Waals surface area contributed by atoms with E-state index >= 15 is 0 Å². The van der Waals surface area contributed by atoms with Gasteiger partial charge in [0, 0.05) is 29.4 Å². The zero-order valence-electron chi connectivity index (χ0n) is 11.3. The summed E-state index contributed by atoms with van der Waals surface area (Å²) in [6, 6.07) is 2.42. The van der Waals surface area contributed by atoms with Gasteiger partial charge in [-0.25, -0.2) is 4.98 Å². The number of hydrogen-bond donors (Lipinski definition) is 2. The van der Waals surface area contributed by atoms with Crippen LogP contribution in [0.5, 0.6) is 5.88 Å². The van der Waals surface area contributed by atoms with Gasteiger partial charge in [-0.1, -0.05) is 0 Å². The number of morpholine rings is 1. The number of nitrogens with zero attached hydrogens (tertiary/aromatic N) is 1. The Labute approximate surface area is 112 Å². The molecule has 19 heavy (non-hydrogen) atoms. The molecule has 2 bridgehead atoms. The Morgan fingerprint density at radius 2 is 2.11 bits per heavy atom. The molecule has 3 heterocycles. The largest absolute Gasteiger partial charge is 0.481 e. The molecule has 2 atom stereocenters. The van der Waals surface area contributed by atoms with Crippen LogP contribution >= 0.6 is 0 Å². The van der Waals surface area contributed by atoms with Gasteiger partial charge in [0.05, 0.1) is 25.9 Å². The van der Waals surface area contributed by atoms with Gasteiger partial charge in [-0.2, -0.15) is 0 Å². The Hall–Kier alpha value is -1.17. The molecule has 0 amide bonds. The van der Waals surface area contributed by atoms with Gasteiger partial charge in [0.15, 0.2) is 0 Å². The second-order valence-electron chi connectivity index (χ2n) is 5.59. The normalized spacial score (nSPS) is 34.1. The van der Waals surface area contributed by atoms with Gasteiger partial charge < -0.3 is 19.9 Å². The van der Waals surface area contributed by atoms with Gasteiger partial charge in [-0.3, -0.25) is 0 Å². The molecule has 2 unspecified atom stereocenters. The highest BCUT2D eigenvalue weighted by atomic mass is 16.5. The molecule has 2 saturated heterocycles. The molecule has 0 saturated carbocycles. The highest BCUT2D eigenvalue weighted by Crippen LogP contribution is 2.37. The topological polar surface area (TPSA) is 63.6 Å². The molecule has 5 heteroatoms. The third-order valence-corrected chi connectivity index (χ3v) is 4.04. The maximum atomic E-state index is 11.0. The van der Waals surface area contributed by atoms with Crippen LogP contribution in [0.1, 0.15) is 24.0 Å². The van der Waals surface area contributed by atoms with Crippen LogP contribution in [0.4, 0.5) is 0 Å². The van der Waals surface area contributed by atoms with Gasteiger partial charge in [0.1, 0.15) is 0 Å². The maximum absolute atomic E-state index is 11.0. The molecular formula is C14H20N2O3. The average molecular weight is 264 g/mol. The molecule has 2 aliphatic heterocycles. The van der Waals surface area contributed by atoms with Crippen molar-refractivity contribution in [3.05, 3.63) is 23.4 Å². The molecule has 0 aliphatic carbocycles. The Kier molecular flexibility index (Phi) is 3.20. The Morgan fingerprint density at radius 1 is 1.42 bits per heavy atom. The first-order chi connectivity index (χ1) is 9.10. The van der Waals surface area contributed by atoms with Crippen molar-refractivity contribution in [2.45, 2.75) is 37.5 Å². The van der Waals surface area contributed by atoms with E-state index in [2.05, 4.69) is 10.3 Å². The van der Waals surface area contributed by atoms with E-state index in [1.807, 2.05) is 13.0 Å². The Morgan fingerprint density at radius 3 is 2.68 bits per heavy atom. The quantitative estimate of drug-likeness (QED) is 0.825. The number of ether oxygens (including phenoxy) is 2. The lowest BCUT2D eigenvalue weighted by Crippen LogP contribution is -2.58. The van der Waals surface area contributed by atoms with Gasteiger partial charge in [-0.05, 0) is 25.8 Å². The lowest BCUT2D eigenvalue weighted by molar-refractivity contribution is -0.0804. The van der Waals surface area contributed by atoms with Gasteiger partial charge >= 0.3 is 0 Å². The van der Waals surface area contributed by atoms with Crippen LogP contribution in [0.3, 0.4) is 0 Å². The number of fused-ring (bicyclic) bond motifs is 2. The predicted octanol–water partition coefficient (Wildman–Crippen LogP) is 0.737. The summed E-state index contributed by atoms with van der Waals surface area (Å²) in [6.45, 7) is 3.28. The SMILES string of the molecule is COc1ncc(C2(O)CC3COCC(C2)N3)cc1C. The molecule has 1 aromatic heterocycles. The van der Waals surface area contributed by atoms with Crippen LogP contribution in [-0.2, 0) is 10.3 Å². The summed E-state index contributed by atoms with van der Waals surface area (Å²) in [7, 11) is 1.61. The van der Waals surface area contributed by atoms with Crippen LogP contribution in [0.2, 0.25) is 0 Å². The summed E-state index contributed by atoms with van der Waals surface area (Å²) in [6.07, 6.45) is 3.06. The van der Waals surface area contributed by atoms with E-state index in [-0.39, 0.29) is 12.1 Å². The first kappa shape index (κ1) is 12.8. The molecule has 2 aliphatic rings. The third kappa shape index (κ3) is 2.33. The monoisotopic (exact) mass is 264 g/mol. The van der Waals surface area contributed by atoms with Crippen LogP contribution in [0.25, 0.3) is 0 Å². The van der Waals surface area contributed by atoms with E-state index in [1.165, 1.54) is 0 Å². The van der Waals surface area contributed by atoms with Crippen molar-refractivity contribution >= 4 is 0 Å². The summed E-state index contributed by atoms with van der Waals surface area (Å²) in [5.74, 6) is 0.616. The maximum Gasteiger partial charge on any atom is 0.215 e. The van der Waals surface area contributed by atoms with Gasteiger partial charge in [0.2, 0.25) is 5.88 Å². The second-order valence-corrected chi connectivity index (χ2v) is 5.59. The number of aryl methyl sites for hydroxylation is 1. The van der Waals surface area contributed by atoms with E-state index in [0.717, 1.165) is 11.1 Å². The molecule has 0 radical (unpaired) electrons. The number of piperidine rings is 1. The van der Waals surface area contributed by atoms with E-state index < -0.39 is 5.60 Å². The van der Waals surface area contributed by atoms with Crippen LogP contribution in [0, 0.1) is 6.92 Å². The first-order valence-corrected chi connectivity index (χ1v) is 6.68. The van der Waals surface area contributed by atoms with Gasteiger partial charge in [0.25, 0.3) is 0 Å². The number of pyridine rings is 1. The fourth-order valence-corrected chi connectivity index (χ4v) is 3.18. The van der Waals surface area contributed by atoms with Crippen molar-refractivity contribution in [3.63, 3.8) is 0 Å². The van der Waals surface area contributed by atoms with E-state index in [9.17, 15) is 5.11 Å². The zero-order valence-corrected chi connectivity index (χ0v) is 11.3. The van der Waals surface area contributed by atoms with Gasteiger partial charge in [-0.15, -0.1) is 0 Å². The Bertz CT molecular complexity index is 466. The number of rotatable bonds is 2. The number of nitrogens with one attached hydrogen (secondary N) is 1. The lowest BCUT2D eigenvalue weighted by atomic mass is 9.78. The van der Waals surface area contributed by atoms with Crippen molar-refractivity contribution in [2.24, 2.45) is 0 Å². The predicted molar refractivity (Wildman–Crippen MR) is 70.2 cm³/mol. The van der Waals surface area contributed by atoms with Crippen LogP contribution in [0.15, 0.2) is 12.3 Å². The number of aliphatic hydroxyl groups is 1. The van der Waals surface area contributed by atoms with Crippen molar-refractivity contribution in [3.8, 4) is 5.88 Å². The molecule has 3 rings (SSSR count). The van der Waals surface area contributed by atoms with E-state index in [1.54, 1.807) is 13.3 Å². The minimum absolute atomic E-state index is 0.222. The molecule has 1 aromatic rings. The van der Waals surface area contributed by atoms with Crippen molar-refractivity contribution < 1.29 is 14.6 Å². The minimum atomic E-state index is -0.811.